The van der Waals surface area contributed by atoms with Gasteiger partial charge in [0.25, 0.3) is 0 Å². The van der Waals surface area contributed by atoms with Gasteiger partial charge in [0.15, 0.2) is 5.82 Å². The number of imidazole rings is 1. The van der Waals surface area contributed by atoms with Crippen molar-refractivity contribution in [1.29, 1.82) is 0 Å². The molecule has 1 heterocycles. The van der Waals surface area contributed by atoms with Crippen molar-refractivity contribution in [2.75, 3.05) is 0 Å². The van der Waals surface area contributed by atoms with Gasteiger partial charge in [0.1, 0.15) is 13.6 Å². The molecule has 0 bridgehead atoms. The molecule has 1 aromatic carbocycles. The second kappa shape index (κ2) is 4.41. The van der Waals surface area contributed by atoms with Crippen molar-refractivity contribution < 1.29 is 4.39 Å². The van der Waals surface area contributed by atoms with Crippen LogP contribution < -0.4 is 0 Å². The number of benzene rings is 1. The van der Waals surface area contributed by atoms with Crippen LogP contribution in [0.25, 0.3) is 11.0 Å². The summed E-state index contributed by atoms with van der Waals surface area (Å²) in [7, 11) is 0.228. The summed E-state index contributed by atoms with van der Waals surface area (Å²) in [6, 6.07) is 1.74. The Labute approximate surface area is 112 Å². The van der Waals surface area contributed by atoms with Gasteiger partial charge in [-0.05, 0) is 6.07 Å². The van der Waals surface area contributed by atoms with Gasteiger partial charge < -0.3 is 4.57 Å². The Balaban J connectivity index is 2.66. The molecule has 2 nitrogen and oxygen atoms in total. The highest BCUT2D eigenvalue weighted by atomic mass is 35.5. The zero-order valence-electron chi connectivity index (χ0n) is 10.8. The molecule has 0 aliphatic heterocycles. The van der Waals surface area contributed by atoms with E-state index in [1.165, 1.54) is 0 Å². The van der Waals surface area contributed by atoms with E-state index in [1.54, 1.807) is 24.0 Å². The molecule has 1 aromatic heterocycles. The fourth-order valence-electron chi connectivity index (χ4n) is 1.59. The number of aromatic nitrogens is 2. The van der Waals surface area contributed by atoms with Crippen LogP contribution in [0, 0.1) is 17.3 Å². The van der Waals surface area contributed by atoms with Crippen LogP contribution in [-0.2, 0) is 7.05 Å². The molecule has 0 atom stereocenters. The lowest BCUT2D eigenvalue weighted by atomic mass is 10.2. The van der Waals surface area contributed by atoms with Crippen LogP contribution in [-0.4, -0.2) is 17.6 Å². The predicted octanol–water partition coefficient (Wildman–Crippen LogP) is 3.59. The number of aryl methyl sites for hydroxylation is 1. The Morgan fingerprint density at radius 3 is 2.67 bits per heavy atom. The van der Waals surface area contributed by atoms with Gasteiger partial charge in [0.2, 0.25) is 0 Å². The van der Waals surface area contributed by atoms with Crippen LogP contribution in [0.3, 0.4) is 0 Å². The summed E-state index contributed by atoms with van der Waals surface area (Å²) < 4.78 is 15.7. The second-order valence-corrected chi connectivity index (χ2v) is 10.4. The van der Waals surface area contributed by atoms with Gasteiger partial charge in [0.05, 0.1) is 16.9 Å². The molecule has 0 saturated carbocycles. The van der Waals surface area contributed by atoms with Gasteiger partial charge in [0, 0.05) is 12.6 Å². The van der Waals surface area contributed by atoms with E-state index >= 15 is 0 Å². The number of hydrogen-bond donors (Lipinski definition) is 0. The average molecular weight is 281 g/mol. The van der Waals surface area contributed by atoms with E-state index in [0.29, 0.717) is 16.6 Å². The molecule has 5 heteroatoms. The summed E-state index contributed by atoms with van der Waals surface area (Å²) in [5.41, 5.74) is 4.70. The molecule has 0 saturated heterocycles. The zero-order valence-corrected chi connectivity index (χ0v) is 12.6. The van der Waals surface area contributed by atoms with Gasteiger partial charge in [-0.15, -0.1) is 5.54 Å². The van der Waals surface area contributed by atoms with Crippen molar-refractivity contribution in [2.45, 2.75) is 19.6 Å². The highest BCUT2D eigenvalue weighted by Gasteiger charge is 2.15. The Hall–Kier alpha value is -1.31. The summed E-state index contributed by atoms with van der Waals surface area (Å²) in [4.78, 5) is 4.13. The van der Waals surface area contributed by atoms with Gasteiger partial charge in [-0.3, -0.25) is 0 Å². The fourth-order valence-corrected chi connectivity index (χ4v) is 2.29. The lowest BCUT2D eigenvalue weighted by Crippen LogP contribution is -2.16. The number of nitrogens with zero attached hydrogens (tertiary/aromatic N) is 2. The highest BCUT2D eigenvalue weighted by molar-refractivity contribution is 6.83. The Morgan fingerprint density at radius 1 is 1.39 bits per heavy atom. The molecule has 18 heavy (non-hydrogen) atoms. The van der Waals surface area contributed by atoms with E-state index < -0.39 is 13.9 Å². The third kappa shape index (κ3) is 2.42. The molecule has 0 unspecified atom stereocenters. The van der Waals surface area contributed by atoms with Crippen molar-refractivity contribution in [3.8, 4) is 11.5 Å². The molecule has 0 spiro atoms. The minimum atomic E-state index is -1.51. The Kier molecular flexibility index (Phi) is 3.22. The highest BCUT2D eigenvalue weighted by Crippen LogP contribution is 2.27. The summed E-state index contributed by atoms with van der Waals surface area (Å²) in [5.74, 6) is 2.54. The molecule has 0 radical (unpaired) electrons. The Bertz CT molecular complexity index is 674. The average Bonchev–Trinajstić information content (AvgIpc) is 2.62. The van der Waals surface area contributed by atoms with Gasteiger partial charge in [-0.2, -0.15) is 0 Å². The first kappa shape index (κ1) is 13.1. The number of halogens is 2. The van der Waals surface area contributed by atoms with E-state index in [9.17, 15) is 4.39 Å². The lowest BCUT2D eigenvalue weighted by molar-refractivity contribution is 0.632. The largest absolute Gasteiger partial charge is 0.331 e. The summed E-state index contributed by atoms with van der Waals surface area (Å²) >= 11 is 6.03. The van der Waals surface area contributed by atoms with Crippen LogP contribution in [0.15, 0.2) is 12.4 Å². The summed E-state index contributed by atoms with van der Waals surface area (Å²) in [6.07, 6.45) is 1.57. The first-order valence-electron chi connectivity index (χ1n) is 5.62. The molecule has 2 aromatic rings. The van der Waals surface area contributed by atoms with Crippen molar-refractivity contribution in [3.05, 3.63) is 28.8 Å². The van der Waals surface area contributed by atoms with Crippen molar-refractivity contribution in [2.24, 2.45) is 7.05 Å². The smallest absolute Gasteiger partial charge is 0.168 e. The quantitative estimate of drug-likeness (QED) is 0.533. The fraction of sp³-hybridized carbons (Fsp3) is 0.308. The van der Waals surface area contributed by atoms with Gasteiger partial charge in [-0.1, -0.05) is 37.2 Å². The molecule has 94 valence electrons. The molecule has 0 aliphatic rings. The van der Waals surface area contributed by atoms with Crippen molar-refractivity contribution in [1.82, 2.24) is 9.55 Å². The van der Waals surface area contributed by atoms with E-state index in [2.05, 4.69) is 36.1 Å². The SMILES string of the molecule is Cn1cnc2cc(C#C[Si](C)(C)C)c(Cl)c(F)c21. The lowest BCUT2D eigenvalue weighted by Gasteiger charge is -2.05. The zero-order chi connectivity index (χ0) is 13.5. The van der Waals surface area contributed by atoms with Crippen LogP contribution in [0.2, 0.25) is 24.7 Å². The molecular weight excluding hydrogens is 267 g/mol. The molecule has 0 N–H and O–H groups in total. The number of hydrogen-bond acceptors (Lipinski definition) is 1. The maximum atomic E-state index is 14.1. The van der Waals surface area contributed by atoms with Crippen molar-refractivity contribution >= 4 is 30.7 Å². The minimum Gasteiger partial charge on any atom is -0.331 e. The molecule has 2 rings (SSSR count). The summed E-state index contributed by atoms with van der Waals surface area (Å²) in [5, 5.41) is 0.0804. The number of rotatable bonds is 0. The molecule has 0 fully saturated rings. The monoisotopic (exact) mass is 280 g/mol. The van der Waals surface area contributed by atoms with E-state index in [0.717, 1.165) is 0 Å². The van der Waals surface area contributed by atoms with E-state index in [1.807, 2.05) is 0 Å². The van der Waals surface area contributed by atoms with Crippen LogP contribution in [0.1, 0.15) is 5.56 Å². The first-order chi connectivity index (χ1) is 8.29. The number of fused-ring (bicyclic) bond motifs is 1. The maximum absolute atomic E-state index is 14.1. The second-order valence-electron chi connectivity index (χ2n) is 5.28. The van der Waals surface area contributed by atoms with Gasteiger partial charge >= 0.3 is 0 Å². The molecule has 0 amide bonds. The van der Waals surface area contributed by atoms with Crippen LogP contribution in [0.4, 0.5) is 4.39 Å². The first-order valence-corrected chi connectivity index (χ1v) is 9.49. The normalized spacial score (nSPS) is 11.4. The maximum Gasteiger partial charge on any atom is 0.168 e. The molecular formula is C13H14ClFN2Si. The van der Waals surface area contributed by atoms with E-state index in [-0.39, 0.29) is 5.02 Å². The van der Waals surface area contributed by atoms with Crippen LogP contribution in [0.5, 0.6) is 0 Å². The third-order valence-corrected chi connectivity index (χ3v) is 3.70. The topological polar surface area (TPSA) is 17.8 Å². The molecule has 0 aliphatic carbocycles. The van der Waals surface area contributed by atoms with Gasteiger partial charge in [-0.25, -0.2) is 9.37 Å². The standard InChI is InChI=1S/C13H14ClFN2Si/c1-17-8-16-10-7-9(5-6-18(2,3)4)11(14)12(15)13(10)17/h7-8H,1-4H3. The third-order valence-electron chi connectivity index (χ3n) is 2.46. The minimum absolute atomic E-state index is 0.0804. The summed E-state index contributed by atoms with van der Waals surface area (Å²) in [6.45, 7) is 6.39. The van der Waals surface area contributed by atoms with Crippen molar-refractivity contribution in [3.63, 3.8) is 0 Å². The van der Waals surface area contributed by atoms with E-state index in [4.69, 9.17) is 11.6 Å². The van der Waals surface area contributed by atoms with Crippen LogP contribution >= 0.6 is 11.6 Å². The predicted molar refractivity (Wildman–Crippen MR) is 75.9 cm³/mol. The Morgan fingerprint density at radius 2 is 2.06 bits per heavy atom.